The lowest BCUT2D eigenvalue weighted by Gasteiger charge is -2.33. The lowest BCUT2D eigenvalue weighted by atomic mass is 9.97. The van der Waals surface area contributed by atoms with Crippen LogP contribution in [0.1, 0.15) is 49.5 Å². The van der Waals surface area contributed by atoms with Gasteiger partial charge in [0.15, 0.2) is 0 Å². The molecule has 35 heavy (non-hydrogen) atoms. The summed E-state index contributed by atoms with van der Waals surface area (Å²) in [6, 6.07) is 5.15. The van der Waals surface area contributed by atoms with E-state index in [0.29, 0.717) is 33.9 Å². The van der Waals surface area contributed by atoms with Crippen LogP contribution in [0.15, 0.2) is 27.8 Å². The van der Waals surface area contributed by atoms with Crippen molar-refractivity contribution in [2.24, 2.45) is 0 Å². The number of carbonyl (C=O) groups is 1. The zero-order chi connectivity index (χ0) is 24.7. The number of ether oxygens (including phenoxy) is 2. The van der Waals surface area contributed by atoms with Crippen LogP contribution in [0.5, 0.6) is 11.5 Å². The molecule has 0 radical (unpaired) electrons. The van der Waals surface area contributed by atoms with Gasteiger partial charge in [-0.3, -0.25) is 14.2 Å². The second kappa shape index (κ2) is 9.53. The third-order valence-electron chi connectivity index (χ3n) is 7.28. The highest BCUT2D eigenvalue weighted by Gasteiger charge is 2.28. The van der Waals surface area contributed by atoms with Gasteiger partial charge in [-0.05, 0) is 69.6 Å². The Bertz CT molecular complexity index is 1400. The van der Waals surface area contributed by atoms with Crippen LogP contribution in [0.25, 0.3) is 15.9 Å². The Morgan fingerprint density at radius 3 is 2.63 bits per heavy atom. The average Bonchev–Trinajstić information content (AvgIpc) is 3.26. The molecule has 1 aliphatic carbocycles. The summed E-state index contributed by atoms with van der Waals surface area (Å²) in [5.41, 5.74) is 0.481. The first-order valence-electron chi connectivity index (χ1n) is 12.3. The van der Waals surface area contributed by atoms with Crippen molar-refractivity contribution in [1.82, 2.24) is 14.0 Å². The molecule has 1 fully saturated rings. The number of hydrogen-bond acceptors (Lipinski definition) is 6. The van der Waals surface area contributed by atoms with Gasteiger partial charge in [0.05, 0.1) is 25.3 Å². The molecule has 3 heterocycles. The summed E-state index contributed by atoms with van der Waals surface area (Å²) in [5, 5.41) is 0.557. The van der Waals surface area contributed by atoms with E-state index in [4.69, 9.17) is 9.47 Å². The molecule has 1 saturated heterocycles. The van der Waals surface area contributed by atoms with Gasteiger partial charge in [-0.2, -0.15) is 0 Å². The summed E-state index contributed by atoms with van der Waals surface area (Å²) >= 11 is 1.49. The number of amides is 1. The van der Waals surface area contributed by atoms with Gasteiger partial charge >= 0.3 is 5.69 Å². The first kappa shape index (κ1) is 23.7. The molecule has 3 aromatic rings. The second-order valence-corrected chi connectivity index (χ2v) is 10.5. The van der Waals surface area contributed by atoms with E-state index < -0.39 is 5.69 Å². The van der Waals surface area contributed by atoms with Crippen molar-refractivity contribution < 1.29 is 14.3 Å². The largest absolute Gasteiger partial charge is 0.497 e. The predicted octanol–water partition coefficient (Wildman–Crippen LogP) is 3.51. The molecule has 1 aliphatic heterocycles. The topological polar surface area (TPSA) is 82.8 Å². The molecule has 186 valence electrons. The maximum absolute atomic E-state index is 13.9. The number of nitrogens with zero attached hydrogens (tertiary/aromatic N) is 3. The number of piperidine rings is 1. The molecule has 8 nitrogen and oxygen atoms in total. The number of rotatable bonds is 5. The van der Waals surface area contributed by atoms with Crippen LogP contribution in [-0.4, -0.2) is 46.7 Å². The molecule has 0 saturated carbocycles. The SMILES string of the molecule is COc1ccc(-n2c(=O)c3c4c(sc3n(CC(=O)N3CCCC[C@@H]3C)c2=O)CCCC4)c(OC)c1. The zero-order valence-electron chi connectivity index (χ0n) is 20.5. The molecule has 0 N–H and O–H groups in total. The first-order valence-corrected chi connectivity index (χ1v) is 13.1. The molecular formula is C26H31N3O5S. The van der Waals surface area contributed by atoms with Gasteiger partial charge in [-0.15, -0.1) is 11.3 Å². The number of fused-ring (bicyclic) bond motifs is 3. The van der Waals surface area contributed by atoms with Gasteiger partial charge in [0.2, 0.25) is 5.91 Å². The molecule has 2 aromatic heterocycles. The monoisotopic (exact) mass is 497 g/mol. The number of aromatic nitrogens is 2. The van der Waals surface area contributed by atoms with Crippen LogP contribution >= 0.6 is 11.3 Å². The highest BCUT2D eigenvalue weighted by atomic mass is 32.1. The van der Waals surface area contributed by atoms with Crippen LogP contribution < -0.4 is 20.7 Å². The number of carbonyl (C=O) groups excluding carboxylic acids is 1. The Hall–Kier alpha value is -3.07. The minimum absolute atomic E-state index is 0.0844. The number of aryl methyl sites for hydroxylation is 2. The maximum Gasteiger partial charge on any atom is 0.337 e. The van der Waals surface area contributed by atoms with Crippen LogP contribution in [0.3, 0.4) is 0 Å². The van der Waals surface area contributed by atoms with E-state index in [2.05, 4.69) is 6.92 Å². The predicted molar refractivity (Wildman–Crippen MR) is 136 cm³/mol. The van der Waals surface area contributed by atoms with Gasteiger partial charge in [0.25, 0.3) is 5.56 Å². The van der Waals surface area contributed by atoms with Gasteiger partial charge in [0.1, 0.15) is 22.9 Å². The van der Waals surface area contributed by atoms with E-state index in [-0.39, 0.29) is 24.1 Å². The number of likely N-dealkylation sites (tertiary alicyclic amines) is 1. The highest BCUT2D eigenvalue weighted by molar-refractivity contribution is 7.18. The zero-order valence-corrected chi connectivity index (χ0v) is 21.3. The minimum Gasteiger partial charge on any atom is -0.497 e. The second-order valence-electron chi connectivity index (χ2n) is 9.37. The van der Waals surface area contributed by atoms with Crippen LogP contribution in [0, 0.1) is 0 Å². The smallest absolute Gasteiger partial charge is 0.337 e. The van der Waals surface area contributed by atoms with Crippen LogP contribution in [0.4, 0.5) is 0 Å². The fourth-order valence-electron chi connectivity index (χ4n) is 5.38. The van der Waals surface area contributed by atoms with Crippen molar-refractivity contribution >= 4 is 27.5 Å². The fraction of sp³-hybridized carbons (Fsp3) is 0.500. The number of methoxy groups -OCH3 is 2. The Balaban J connectivity index is 1.74. The van der Waals surface area contributed by atoms with Crippen molar-refractivity contribution in [3.63, 3.8) is 0 Å². The van der Waals surface area contributed by atoms with E-state index >= 15 is 0 Å². The standard InChI is InChI=1S/C26H31N3O5S/c1-16-8-6-7-13-27(16)22(30)15-28-25-23(18-9-4-5-10-21(18)35-25)24(31)29(26(28)32)19-12-11-17(33-2)14-20(19)34-3/h11-12,14,16H,4-10,13,15H2,1-3H3/t16-/m0/s1. The summed E-state index contributed by atoms with van der Waals surface area (Å²) in [7, 11) is 3.04. The molecule has 1 amide bonds. The number of hydrogen-bond donors (Lipinski definition) is 0. The number of thiophene rings is 1. The van der Waals surface area contributed by atoms with E-state index in [1.54, 1.807) is 25.3 Å². The molecule has 0 unspecified atom stereocenters. The maximum atomic E-state index is 13.9. The van der Waals surface area contributed by atoms with Gasteiger partial charge in [-0.1, -0.05) is 0 Å². The molecule has 2 aliphatic rings. The van der Waals surface area contributed by atoms with E-state index in [0.717, 1.165) is 60.0 Å². The Labute approximate surface area is 207 Å². The summed E-state index contributed by atoms with van der Waals surface area (Å²) in [6.45, 7) is 2.67. The van der Waals surface area contributed by atoms with E-state index in [1.165, 1.54) is 23.0 Å². The third kappa shape index (κ3) is 4.05. The molecule has 9 heteroatoms. The van der Waals surface area contributed by atoms with Gasteiger partial charge < -0.3 is 14.4 Å². The normalized spacial score (nSPS) is 17.9. The van der Waals surface area contributed by atoms with Crippen molar-refractivity contribution in [3.8, 4) is 17.2 Å². The number of benzene rings is 1. The van der Waals surface area contributed by atoms with Crippen molar-refractivity contribution in [3.05, 3.63) is 49.5 Å². The average molecular weight is 498 g/mol. The van der Waals surface area contributed by atoms with Crippen molar-refractivity contribution in [1.29, 1.82) is 0 Å². The summed E-state index contributed by atoms with van der Waals surface area (Å²) in [5.74, 6) is 0.829. The lowest BCUT2D eigenvalue weighted by Crippen LogP contribution is -2.46. The van der Waals surface area contributed by atoms with Gasteiger partial charge in [0, 0.05) is 23.5 Å². The third-order valence-corrected chi connectivity index (χ3v) is 8.60. The highest BCUT2D eigenvalue weighted by Crippen LogP contribution is 2.35. The Kier molecular flexibility index (Phi) is 6.44. The molecule has 0 bridgehead atoms. The fourth-order valence-corrected chi connectivity index (χ4v) is 6.76. The van der Waals surface area contributed by atoms with Crippen molar-refractivity contribution in [2.75, 3.05) is 20.8 Å². The van der Waals surface area contributed by atoms with E-state index in [1.807, 2.05) is 4.90 Å². The minimum atomic E-state index is -0.525. The quantitative estimate of drug-likeness (QED) is 0.539. The summed E-state index contributed by atoms with van der Waals surface area (Å²) in [4.78, 5) is 44.8. The molecule has 0 spiro atoms. The molecule has 5 rings (SSSR count). The van der Waals surface area contributed by atoms with Gasteiger partial charge in [-0.25, -0.2) is 9.36 Å². The summed E-state index contributed by atoms with van der Waals surface area (Å²) in [6.07, 6.45) is 6.81. The Morgan fingerprint density at radius 1 is 1.09 bits per heavy atom. The van der Waals surface area contributed by atoms with Crippen LogP contribution in [0.2, 0.25) is 0 Å². The molecule has 1 atom stereocenters. The molecule has 1 aromatic carbocycles. The first-order chi connectivity index (χ1) is 16.9. The van der Waals surface area contributed by atoms with E-state index in [9.17, 15) is 14.4 Å². The van der Waals surface area contributed by atoms with Crippen LogP contribution in [-0.2, 0) is 24.2 Å². The lowest BCUT2D eigenvalue weighted by molar-refractivity contribution is -0.135. The van der Waals surface area contributed by atoms with Crippen molar-refractivity contribution in [2.45, 2.75) is 64.5 Å². The molecular weight excluding hydrogens is 466 g/mol. The summed E-state index contributed by atoms with van der Waals surface area (Å²) < 4.78 is 13.5. The Morgan fingerprint density at radius 2 is 1.89 bits per heavy atom.